The van der Waals surface area contributed by atoms with Gasteiger partial charge in [-0.3, -0.25) is 18.3 Å². The first-order chi connectivity index (χ1) is 63.5. The molecule has 0 bridgehead atoms. The van der Waals surface area contributed by atoms with Crippen LogP contribution in [0.2, 0.25) is 0 Å². The summed E-state index contributed by atoms with van der Waals surface area (Å²) in [4.78, 5) is 56.7. The minimum atomic E-state index is 0.558. The lowest BCUT2D eigenvalue weighted by Gasteiger charge is -2.13. The van der Waals surface area contributed by atoms with Crippen LogP contribution in [0.15, 0.2) is 419 Å². The Morgan fingerprint density at radius 1 is 0.141 bits per heavy atom. The number of aromatic nitrogens is 15. The summed E-state index contributed by atoms with van der Waals surface area (Å²) in [6.07, 6.45) is 0. The average molecular weight is 1640 g/mol. The van der Waals surface area contributed by atoms with Crippen LogP contribution < -0.4 is 0 Å². The molecule has 0 aliphatic heterocycles. The highest BCUT2D eigenvalue weighted by Gasteiger charge is 2.28. The van der Waals surface area contributed by atoms with Gasteiger partial charge in [-0.05, 0) is 98.4 Å². The van der Waals surface area contributed by atoms with Gasteiger partial charge in [0.05, 0.1) is 55.5 Å². The lowest BCUT2D eigenvalue weighted by atomic mass is 9.94. The van der Waals surface area contributed by atoms with Gasteiger partial charge in [0.2, 0.25) is 23.8 Å². The number of hydrogen-bond acceptors (Lipinski definition) is 11. The fourth-order valence-corrected chi connectivity index (χ4v) is 18.8. The number of para-hydroxylation sites is 2. The maximum atomic E-state index is 5.29. The minimum absolute atomic E-state index is 0.558. The zero-order chi connectivity index (χ0) is 84.3. The minimum Gasteiger partial charge on any atom is -0.278 e. The van der Waals surface area contributed by atoms with Crippen LogP contribution in [0.3, 0.4) is 0 Å². The van der Waals surface area contributed by atoms with E-state index in [2.05, 4.69) is 243 Å². The Morgan fingerprint density at radius 3 is 0.727 bits per heavy atom. The summed E-state index contributed by atoms with van der Waals surface area (Å²) in [5, 5.41) is 13.8. The number of fused-ring (bicyclic) bond motifs is 6. The molecule has 15 nitrogen and oxygen atoms in total. The van der Waals surface area contributed by atoms with E-state index in [0.29, 0.717) is 58.7 Å². The summed E-state index contributed by atoms with van der Waals surface area (Å²) in [5.41, 5.74) is 22.0. The molecule has 128 heavy (non-hydrogen) atoms. The van der Waals surface area contributed by atoms with Crippen molar-refractivity contribution in [1.82, 2.24) is 73.1 Å². The lowest BCUT2D eigenvalue weighted by molar-refractivity contribution is 0.953. The maximum absolute atomic E-state index is 5.29. The van der Waals surface area contributed by atoms with Crippen LogP contribution in [0.4, 0.5) is 0 Å². The first kappa shape index (κ1) is 73.1. The Labute approximate surface area is 732 Å². The molecular weight excluding hydrogens is 1570 g/mol. The number of hydrogen-bond donors (Lipinski definition) is 0. The molecule has 15 heteroatoms. The van der Waals surface area contributed by atoms with Crippen molar-refractivity contribution in [1.29, 1.82) is 0 Å². The highest BCUT2D eigenvalue weighted by molar-refractivity contribution is 6.28. The molecular formula is C113H69N15. The van der Waals surface area contributed by atoms with Crippen molar-refractivity contribution in [2.75, 3.05) is 0 Å². The predicted octanol–water partition coefficient (Wildman–Crippen LogP) is 27.0. The van der Waals surface area contributed by atoms with Crippen molar-refractivity contribution >= 4 is 109 Å². The van der Waals surface area contributed by atoms with Crippen LogP contribution in [0, 0.1) is 0 Å². The molecule has 18 aromatic carbocycles. The quantitative estimate of drug-likeness (QED) is 0.0953. The molecule has 26 rings (SSSR count). The van der Waals surface area contributed by atoms with E-state index >= 15 is 0 Å². The Hall–Kier alpha value is -17.7. The van der Waals surface area contributed by atoms with Gasteiger partial charge in [-0.15, -0.1) is 0 Å². The van der Waals surface area contributed by atoms with E-state index in [4.69, 9.17) is 54.8 Å². The molecule has 596 valence electrons. The van der Waals surface area contributed by atoms with Crippen molar-refractivity contribution in [3.63, 3.8) is 0 Å². The molecule has 0 spiro atoms. The third kappa shape index (κ3) is 12.3. The van der Waals surface area contributed by atoms with Crippen molar-refractivity contribution in [3.05, 3.63) is 419 Å². The van der Waals surface area contributed by atoms with Gasteiger partial charge in [0.25, 0.3) is 0 Å². The molecule has 8 aromatic heterocycles. The van der Waals surface area contributed by atoms with E-state index in [1.807, 2.05) is 194 Å². The van der Waals surface area contributed by atoms with Crippen LogP contribution in [0.1, 0.15) is 0 Å². The van der Waals surface area contributed by atoms with E-state index in [9.17, 15) is 0 Å². The summed E-state index contributed by atoms with van der Waals surface area (Å²) in [7, 11) is 0. The summed E-state index contributed by atoms with van der Waals surface area (Å²) >= 11 is 0. The van der Waals surface area contributed by atoms with Gasteiger partial charge < -0.3 is 0 Å². The van der Waals surface area contributed by atoms with Gasteiger partial charge >= 0.3 is 0 Å². The van der Waals surface area contributed by atoms with Crippen LogP contribution in [-0.2, 0) is 0 Å². The fraction of sp³-hybridized carbons (Fsp3) is 0. The van der Waals surface area contributed by atoms with Crippen molar-refractivity contribution in [2.24, 2.45) is 0 Å². The molecule has 0 aliphatic rings. The summed E-state index contributed by atoms with van der Waals surface area (Å²) < 4.78 is 8.82. The number of rotatable bonds is 14. The van der Waals surface area contributed by atoms with E-state index in [0.717, 1.165) is 171 Å². The summed E-state index contributed by atoms with van der Waals surface area (Å²) in [5.74, 6) is 6.03. The highest BCUT2D eigenvalue weighted by Crippen LogP contribution is 2.48. The molecule has 0 amide bonds. The van der Waals surface area contributed by atoms with Gasteiger partial charge in [-0.2, -0.15) is 29.9 Å². The smallest absolute Gasteiger partial charge is 0.238 e. The van der Waals surface area contributed by atoms with Crippen LogP contribution in [0.5, 0.6) is 0 Å². The van der Waals surface area contributed by atoms with Crippen LogP contribution in [0.25, 0.3) is 246 Å². The zero-order valence-corrected chi connectivity index (χ0v) is 68.5. The molecule has 0 N–H and O–H groups in total. The topological polar surface area (TPSA) is 162 Å². The lowest BCUT2D eigenvalue weighted by Crippen LogP contribution is -2.06. The molecule has 0 radical (unpaired) electrons. The van der Waals surface area contributed by atoms with E-state index < -0.39 is 0 Å². The van der Waals surface area contributed by atoms with Gasteiger partial charge in [0.15, 0.2) is 34.9 Å². The Morgan fingerprint density at radius 2 is 0.398 bits per heavy atom. The number of benzene rings is 18. The van der Waals surface area contributed by atoms with Crippen LogP contribution in [-0.4, -0.2) is 73.1 Å². The number of nitrogens with zero attached hydrogens (tertiary/aromatic N) is 15. The van der Waals surface area contributed by atoms with Gasteiger partial charge in [0.1, 0.15) is 0 Å². The van der Waals surface area contributed by atoms with Gasteiger partial charge in [-0.25, -0.2) is 24.9 Å². The Bertz CT molecular complexity index is 8040. The molecule has 0 aliphatic carbocycles. The second-order valence-electron chi connectivity index (χ2n) is 32.0. The van der Waals surface area contributed by atoms with Crippen LogP contribution >= 0.6 is 0 Å². The zero-order valence-electron chi connectivity index (χ0n) is 68.5. The van der Waals surface area contributed by atoms with Crippen molar-refractivity contribution < 1.29 is 0 Å². The summed E-state index contributed by atoms with van der Waals surface area (Å²) in [6.45, 7) is 0. The predicted molar refractivity (Wildman–Crippen MR) is 518 cm³/mol. The largest absolute Gasteiger partial charge is 0.278 e. The third-order valence-electron chi connectivity index (χ3n) is 24.6. The molecule has 0 unspecified atom stereocenters. The second kappa shape index (κ2) is 30.1. The highest BCUT2D eigenvalue weighted by atomic mass is 15.2. The standard InChI is InChI=1S/C57H35N7.C56H34N8/c1-5-16-36(17-6-1)46-35-47(37-18-7-2-8-19-37)59-56(58-46)63-48-26-14-13-25-43(48)44-30-29-41(34-51(44)63)42-32-33-50-53-45(42)31-28-38-24-15-27-49(52(38)53)64(50)57-61-54(39-20-9-3-10-21-39)60-55(62-57)40-22-11-4-12-23-40;1-5-16-36(17-6-1)51-57-52(37-18-7-2-8-19-37)60-55(59-51)63-45-26-14-13-25-42(45)43-30-29-40(34-48(43)63)41-32-33-47-50-44(41)31-28-35-24-15-27-46(49(35)50)64(47)56-61-53(38-20-9-3-10-21-38)58-54(62-56)39-22-11-4-12-23-39/h1-35H;1-34H. The SMILES string of the molecule is c1ccc(-c2cc(-c3ccccc3)nc(-n3c4ccccc4c4ccc(-c5ccc6c7c5ccc5cccc(c57)n6-c5nc(-c6ccccc6)nc(-c6ccccc6)n5)cc43)n2)cc1.c1ccc(-c2nc(-c3ccccc3)nc(-n3c4ccccc4c4ccc(-c5ccc6c7c5ccc5cccc(c57)n6-c5nc(-c6ccccc6)nc(-c6ccccc6)n5)cc43)n2)cc1. The van der Waals surface area contributed by atoms with E-state index in [1.165, 1.54) is 16.2 Å². The van der Waals surface area contributed by atoms with E-state index in [-0.39, 0.29) is 0 Å². The Kier molecular flexibility index (Phi) is 17.2. The average Bonchev–Trinajstić information content (AvgIpc) is 1.58. The van der Waals surface area contributed by atoms with Gasteiger partial charge in [-0.1, -0.05) is 364 Å². The fourth-order valence-electron chi connectivity index (χ4n) is 18.8. The monoisotopic (exact) mass is 1640 g/mol. The molecule has 0 saturated carbocycles. The third-order valence-corrected chi connectivity index (χ3v) is 24.6. The van der Waals surface area contributed by atoms with Crippen molar-refractivity contribution in [3.8, 4) is 137 Å². The van der Waals surface area contributed by atoms with Crippen molar-refractivity contribution in [2.45, 2.75) is 0 Å². The Balaban J connectivity index is 0.000000139. The summed E-state index contributed by atoms with van der Waals surface area (Å²) in [6, 6.07) is 145. The maximum Gasteiger partial charge on any atom is 0.238 e. The first-order valence-electron chi connectivity index (χ1n) is 42.7. The normalized spacial score (nSPS) is 11.8. The molecule has 26 aromatic rings. The molecule has 0 saturated heterocycles. The van der Waals surface area contributed by atoms with E-state index in [1.54, 1.807) is 0 Å². The molecule has 0 atom stereocenters. The molecule has 0 fully saturated rings. The second-order valence-corrected chi connectivity index (χ2v) is 32.0. The van der Waals surface area contributed by atoms with Gasteiger partial charge in [0, 0.05) is 87.6 Å². The first-order valence-corrected chi connectivity index (χ1v) is 42.7. The molecule has 8 heterocycles.